The minimum Gasteiger partial charge on any atom is -0.488 e. The Kier molecular flexibility index (Phi) is 22.6. The van der Waals surface area contributed by atoms with Gasteiger partial charge in [0.1, 0.15) is 24.7 Å². The van der Waals surface area contributed by atoms with E-state index in [9.17, 15) is 0 Å². The molecule has 0 radical (unpaired) electrons. The third-order valence-corrected chi connectivity index (χ3v) is 10.2. The van der Waals surface area contributed by atoms with Crippen molar-refractivity contribution in [2.45, 2.75) is 178 Å². The summed E-state index contributed by atoms with van der Waals surface area (Å²) >= 11 is 0. The molecule has 0 atom stereocenters. The molecule has 0 heterocycles. The molecule has 2 heteroatoms. The van der Waals surface area contributed by atoms with E-state index in [0.29, 0.717) is 13.2 Å². The van der Waals surface area contributed by atoms with Gasteiger partial charge < -0.3 is 9.47 Å². The van der Waals surface area contributed by atoms with Gasteiger partial charge in [-0.3, -0.25) is 0 Å². The van der Waals surface area contributed by atoms with Crippen molar-refractivity contribution in [3.63, 3.8) is 0 Å². The average Bonchev–Trinajstić information content (AvgIpc) is 3.15. The Morgan fingerprint density at radius 3 is 0.925 bits per heavy atom. The van der Waals surface area contributed by atoms with E-state index in [4.69, 9.17) is 9.47 Å². The molecule has 0 saturated carbocycles. The molecule has 53 heavy (non-hydrogen) atoms. The highest BCUT2D eigenvalue weighted by atomic mass is 16.5. The second kappa shape index (κ2) is 26.3. The summed E-state index contributed by atoms with van der Waals surface area (Å²) in [6.07, 6.45) is 19.9. The van der Waals surface area contributed by atoms with Crippen molar-refractivity contribution >= 4 is 0 Å². The molecule has 4 rings (SSSR count). The van der Waals surface area contributed by atoms with Crippen LogP contribution in [0.15, 0.2) is 84.9 Å². The number of hydrogen-bond donors (Lipinski definition) is 0. The molecule has 292 valence electrons. The Morgan fingerprint density at radius 1 is 0.396 bits per heavy atom. The number of benzene rings is 4. The van der Waals surface area contributed by atoms with Crippen LogP contribution in [0.1, 0.15) is 176 Å². The summed E-state index contributed by atoms with van der Waals surface area (Å²) < 4.78 is 12.5. The van der Waals surface area contributed by atoms with E-state index in [0.717, 1.165) is 11.5 Å². The third kappa shape index (κ3) is 17.0. The average molecular weight is 721 g/mol. The standard InChI is InChI=1S/C33H36O2.C10H22.C8H18/c1-23-17-29(18-24(2)31(23)34-21-27-13-9-7-10-14-27)33(5,6)30-19-25(3)32(26(4)20-30)35-22-28-15-11-8-12-16-28;1-3-5-7-9-10-8-6-4-2;1-3-5-7-8-6-4-2/h7-20H,21-22H2,1-6H3;3-10H2,1-2H3;3-8H2,1-2H3. The van der Waals surface area contributed by atoms with Gasteiger partial charge in [-0.2, -0.15) is 0 Å². The van der Waals surface area contributed by atoms with Crippen LogP contribution in [-0.2, 0) is 18.6 Å². The summed E-state index contributed by atoms with van der Waals surface area (Å²) in [6.45, 7) is 23.4. The second-order valence-corrected chi connectivity index (χ2v) is 15.6. The molecule has 4 aromatic carbocycles. The van der Waals surface area contributed by atoms with Crippen LogP contribution in [-0.4, -0.2) is 0 Å². The van der Waals surface area contributed by atoms with Crippen molar-refractivity contribution in [3.8, 4) is 11.5 Å². The molecule has 0 aliphatic rings. The summed E-state index contributed by atoms with van der Waals surface area (Å²) in [5.41, 5.74) is 9.45. The van der Waals surface area contributed by atoms with Crippen molar-refractivity contribution in [1.29, 1.82) is 0 Å². The molecule has 0 aliphatic carbocycles. The molecule has 0 bridgehead atoms. The monoisotopic (exact) mass is 721 g/mol. The van der Waals surface area contributed by atoms with Crippen LogP contribution < -0.4 is 9.47 Å². The second-order valence-electron chi connectivity index (χ2n) is 15.6. The lowest BCUT2D eigenvalue weighted by molar-refractivity contribution is 0.301. The summed E-state index contributed by atoms with van der Waals surface area (Å²) in [4.78, 5) is 0. The molecule has 0 N–H and O–H groups in total. The Morgan fingerprint density at radius 2 is 0.660 bits per heavy atom. The molecule has 2 nitrogen and oxygen atoms in total. The zero-order chi connectivity index (χ0) is 38.9. The normalized spacial score (nSPS) is 10.9. The lowest BCUT2D eigenvalue weighted by Crippen LogP contribution is -2.20. The van der Waals surface area contributed by atoms with Crippen LogP contribution in [0.3, 0.4) is 0 Å². The predicted octanol–water partition coefficient (Wildman–Crippen LogP) is 15.9. The fraction of sp³-hybridized carbons (Fsp3) is 0.529. The molecule has 0 fully saturated rings. The van der Waals surface area contributed by atoms with Gasteiger partial charge >= 0.3 is 0 Å². The Balaban J connectivity index is 0.000000446. The zero-order valence-corrected chi connectivity index (χ0v) is 35.7. The van der Waals surface area contributed by atoms with E-state index in [1.54, 1.807) is 0 Å². The summed E-state index contributed by atoms with van der Waals surface area (Å²) in [5, 5.41) is 0. The summed E-state index contributed by atoms with van der Waals surface area (Å²) in [7, 11) is 0. The molecule has 0 unspecified atom stereocenters. The van der Waals surface area contributed by atoms with Gasteiger partial charge in [-0.15, -0.1) is 0 Å². The van der Waals surface area contributed by atoms with E-state index in [-0.39, 0.29) is 5.41 Å². The van der Waals surface area contributed by atoms with E-state index in [2.05, 4.69) is 118 Å². The molecular weight excluding hydrogens is 645 g/mol. The minimum absolute atomic E-state index is 0.152. The smallest absolute Gasteiger partial charge is 0.125 e. The first-order valence-corrected chi connectivity index (χ1v) is 21.2. The number of rotatable bonds is 20. The maximum Gasteiger partial charge on any atom is 0.125 e. The molecule has 4 aromatic rings. The van der Waals surface area contributed by atoms with Crippen LogP contribution in [0.4, 0.5) is 0 Å². The first kappa shape index (κ1) is 45.6. The van der Waals surface area contributed by atoms with Crippen LogP contribution in [0.2, 0.25) is 0 Å². The fourth-order valence-electron chi connectivity index (χ4n) is 6.76. The predicted molar refractivity (Wildman–Crippen MR) is 233 cm³/mol. The topological polar surface area (TPSA) is 18.5 Å². The molecule has 0 amide bonds. The third-order valence-electron chi connectivity index (χ3n) is 10.2. The highest BCUT2D eigenvalue weighted by Crippen LogP contribution is 2.39. The largest absolute Gasteiger partial charge is 0.488 e. The van der Waals surface area contributed by atoms with Gasteiger partial charge in [-0.05, 0) is 72.2 Å². The fourth-order valence-corrected chi connectivity index (χ4v) is 6.76. The molecular formula is C51H76O2. The van der Waals surface area contributed by atoms with Gasteiger partial charge in [0, 0.05) is 5.41 Å². The number of hydrogen-bond acceptors (Lipinski definition) is 2. The van der Waals surface area contributed by atoms with Gasteiger partial charge in [-0.1, -0.05) is 216 Å². The Labute approximate surface area is 327 Å². The van der Waals surface area contributed by atoms with Crippen molar-refractivity contribution < 1.29 is 9.47 Å². The highest BCUT2D eigenvalue weighted by molar-refractivity contribution is 5.52. The molecule has 0 aliphatic heterocycles. The van der Waals surface area contributed by atoms with E-state index < -0.39 is 0 Å². The lowest BCUT2D eigenvalue weighted by Gasteiger charge is -2.29. The highest BCUT2D eigenvalue weighted by Gasteiger charge is 2.26. The van der Waals surface area contributed by atoms with Crippen molar-refractivity contribution in [3.05, 3.63) is 129 Å². The van der Waals surface area contributed by atoms with Gasteiger partial charge in [0.05, 0.1) is 0 Å². The van der Waals surface area contributed by atoms with Crippen LogP contribution in [0.5, 0.6) is 11.5 Å². The number of ether oxygens (including phenoxy) is 2. The van der Waals surface area contributed by atoms with E-state index in [1.165, 1.54) is 134 Å². The summed E-state index contributed by atoms with van der Waals surface area (Å²) in [6, 6.07) is 29.7. The quantitative estimate of drug-likeness (QED) is 0.0846. The van der Waals surface area contributed by atoms with Gasteiger partial charge in [0.25, 0.3) is 0 Å². The van der Waals surface area contributed by atoms with E-state index >= 15 is 0 Å². The first-order chi connectivity index (χ1) is 25.6. The minimum atomic E-state index is -0.152. The van der Waals surface area contributed by atoms with Gasteiger partial charge in [0.2, 0.25) is 0 Å². The SMILES string of the molecule is CCCCCCCC.CCCCCCCCCC.Cc1cc(C(C)(C)c2cc(C)c(OCc3ccccc3)c(C)c2)cc(C)c1OCc1ccccc1. The van der Waals surface area contributed by atoms with Crippen LogP contribution in [0, 0.1) is 27.7 Å². The first-order valence-electron chi connectivity index (χ1n) is 21.2. The number of aryl methyl sites for hydroxylation is 4. The van der Waals surface area contributed by atoms with E-state index in [1.807, 2.05) is 36.4 Å². The van der Waals surface area contributed by atoms with Crippen LogP contribution >= 0.6 is 0 Å². The maximum atomic E-state index is 6.23. The molecule has 0 aromatic heterocycles. The van der Waals surface area contributed by atoms with Crippen LogP contribution in [0.25, 0.3) is 0 Å². The maximum absolute atomic E-state index is 6.23. The number of unbranched alkanes of at least 4 members (excludes halogenated alkanes) is 12. The van der Waals surface area contributed by atoms with Crippen molar-refractivity contribution in [2.75, 3.05) is 0 Å². The van der Waals surface area contributed by atoms with Gasteiger partial charge in [0.15, 0.2) is 0 Å². The Hall–Kier alpha value is -3.52. The zero-order valence-electron chi connectivity index (χ0n) is 35.7. The van der Waals surface area contributed by atoms with Crippen molar-refractivity contribution in [2.24, 2.45) is 0 Å². The van der Waals surface area contributed by atoms with Gasteiger partial charge in [-0.25, -0.2) is 0 Å². The summed E-state index contributed by atoms with van der Waals surface area (Å²) in [5.74, 6) is 1.95. The van der Waals surface area contributed by atoms with Crippen molar-refractivity contribution in [1.82, 2.24) is 0 Å². The molecule has 0 saturated heterocycles. The molecule has 0 spiro atoms. The lowest BCUT2D eigenvalue weighted by atomic mass is 9.76. The Bertz CT molecular complexity index is 1360.